The summed E-state index contributed by atoms with van der Waals surface area (Å²) >= 11 is 0. The number of carboxylic acids is 1. The van der Waals surface area contributed by atoms with Gasteiger partial charge in [0.05, 0.1) is 17.4 Å². The molecule has 0 fully saturated rings. The number of fused-ring (bicyclic) bond motifs is 1. The molecule has 0 amide bonds. The first-order valence-corrected chi connectivity index (χ1v) is 11.9. The molecule has 0 bridgehead atoms. The van der Waals surface area contributed by atoms with Crippen LogP contribution in [-0.2, 0) is 17.5 Å². The zero-order chi connectivity index (χ0) is 24.2. The maximum atomic E-state index is 13.8. The van der Waals surface area contributed by atoms with E-state index in [0.717, 1.165) is 33.3 Å². The van der Waals surface area contributed by atoms with Crippen LogP contribution in [0.25, 0.3) is 22.9 Å². The number of carbonyl (C=O) groups is 1. The topological polar surface area (TPSA) is 89.1 Å². The van der Waals surface area contributed by atoms with Crippen LogP contribution >= 0.6 is 0 Å². The molecule has 4 rings (SSSR count). The maximum Gasteiger partial charge on any atom is 1.00 e. The minimum absolute atomic E-state index is 0. The number of H-pyrrole nitrogens is 1. The number of pyridine rings is 1. The van der Waals surface area contributed by atoms with E-state index in [1.165, 1.54) is 12.1 Å². The van der Waals surface area contributed by atoms with E-state index in [-0.39, 0.29) is 35.1 Å². The van der Waals surface area contributed by atoms with Gasteiger partial charge in [0, 0.05) is 28.5 Å². The van der Waals surface area contributed by atoms with Crippen LogP contribution in [-0.4, -0.2) is 20.1 Å². The van der Waals surface area contributed by atoms with E-state index in [2.05, 4.69) is 16.5 Å². The van der Waals surface area contributed by atoms with Crippen LogP contribution in [0.4, 0.5) is 5.82 Å². The number of hydrogen-bond donors (Lipinski definition) is 1. The number of aromatic amines is 1. The van der Waals surface area contributed by atoms with Crippen molar-refractivity contribution in [1.29, 1.82) is 0 Å². The van der Waals surface area contributed by atoms with E-state index in [4.69, 9.17) is 0 Å². The summed E-state index contributed by atoms with van der Waals surface area (Å²) < 4.78 is 15.5. The first-order chi connectivity index (χ1) is 16.4. The van der Waals surface area contributed by atoms with Crippen molar-refractivity contribution in [3.05, 3.63) is 102 Å². The molecule has 0 saturated carbocycles. The summed E-state index contributed by atoms with van der Waals surface area (Å²) in [5.41, 5.74) is 3.64. The Morgan fingerprint density at radius 2 is 1.91 bits per heavy atom. The molecule has 1 atom stereocenters. The van der Waals surface area contributed by atoms with Crippen LogP contribution in [0, 0.1) is 6.92 Å². The van der Waals surface area contributed by atoms with E-state index >= 15 is 0 Å². The number of nitrogens with zero attached hydrogens (tertiary/aromatic N) is 2. The normalized spacial score (nSPS) is 11.8. The largest absolute Gasteiger partial charge is 1.00 e. The van der Waals surface area contributed by atoms with E-state index in [0.29, 0.717) is 17.3 Å². The van der Waals surface area contributed by atoms with Gasteiger partial charge in [0.15, 0.2) is 11.0 Å². The Hall–Kier alpha value is -2.97. The summed E-state index contributed by atoms with van der Waals surface area (Å²) in [5, 5.41) is 13.2. The van der Waals surface area contributed by atoms with Crippen LogP contribution in [0.2, 0.25) is 0 Å². The van der Waals surface area contributed by atoms with Gasteiger partial charge < -0.3 is 14.9 Å². The second-order valence-corrected chi connectivity index (χ2v) is 9.17. The van der Waals surface area contributed by atoms with E-state index in [1.807, 2.05) is 56.3 Å². The Balaban J connectivity index is 0.00000342. The number of nitrogens with one attached hydrogen (secondary N) is 1. The molecule has 35 heavy (non-hydrogen) atoms. The summed E-state index contributed by atoms with van der Waals surface area (Å²) in [5.74, 6) is -0.690. The number of carbonyl (C=O) groups excluding carboxylic acids is 1. The fourth-order valence-electron chi connectivity index (χ4n) is 3.87. The van der Waals surface area contributed by atoms with Gasteiger partial charge in [-0.1, -0.05) is 55.1 Å². The van der Waals surface area contributed by atoms with E-state index < -0.39 is 17.0 Å². The predicted octanol–water partition coefficient (Wildman–Crippen LogP) is 1.64. The average Bonchev–Trinajstić information content (AvgIpc) is 3.24. The van der Waals surface area contributed by atoms with Gasteiger partial charge >= 0.3 is 29.6 Å². The predicted molar refractivity (Wildman–Crippen MR) is 135 cm³/mol. The number of hydrogen-bond acceptors (Lipinski definition) is 4. The van der Waals surface area contributed by atoms with E-state index in [1.54, 1.807) is 28.7 Å². The number of allylic oxidation sites excluding steroid dienone is 1. The minimum Gasteiger partial charge on any atom is -0.545 e. The molecule has 0 aliphatic rings. The van der Waals surface area contributed by atoms with Crippen molar-refractivity contribution in [3.63, 3.8) is 0 Å². The van der Waals surface area contributed by atoms with Gasteiger partial charge in [-0.05, 0) is 54.6 Å². The molecular formula is C27H24N3NaO3S. The molecule has 6 nitrogen and oxygen atoms in total. The van der Waals surface area contributed by atoms with Gasteiger partial charge in [0.1, 0.15) is 5.82 Å². The van der Waals surface area contributed by atoms with Crippen LogP contribution in [0.3, 0.4) is 0 Å². The van der Waals surface area contributed by atoms with Crippen LogP contribution in [0.1, 0.15) is 39.8 Å². The van der Waals surface area contributed by atoms with Crippen LogP contribution in [0.5, 0.6) is 0 Å². The third-order valence-corrected chi connectivity index (χ3v) is 6.93. The fourth-order valence-corrected chi connectivity index (χ4v) is 5.09. The molecule has 0 spiro atoms. The Morgan fingerprint density at radius 1 is 1.20 bits per heavy atom. The molecule has 4 aromatic rings. The van der Waals surface area contributed by atoms with Crippen molar-refractivity contribution in [3.8, 4) is 0 Å². The number of benzene rings is 2. The molecule has 2 aromatic carbocycles. The number of aryl methyl sites for hydroxylation is 1. The smallest absolute Gasteiger partial charge is 0.545 e. The number of aromatic carboxylic acids is 1. The van der Waals surface area contributed by atoms with Gasteiger partial charge in [0.2, 0.25) is 0 Å². The molecule has 0 aliphatic heterocycles. The second kappa shape index (κ2) is 11.6. The zero-order valence-corrected chi connectivity index (χ0v) is 22.8. The summed E-state index contributed by atoms with van der Waals surface area (Å²) in [4.78, 5) is 19.6. The van der Waals surface area contributed by atoms with Crippen molar-refractivity contribution in [1.82, 2.24) is 9.97 Å². The third-order valence-electron chi connectivity index (χ3n) is 5.55. The van der Waals surface area contributed by atoms with Crippen molar-refractivity contribution in [2.24, 2.45) is 0 Å². The summed E-state index contributed by atoms with van der Waals surface area (Å²) in [7, 11) is -1.66. The molecule has 0 aliphatic carbocycles. The average molecular weight is 494 g/mol. The summed E-state index contributed by atoms with van der Waals surface area (Å²) in [6.45, 7) is 8.07. The molecule has 1 unspecified atom stereocenters. The fraction of sp³-hybridized carbons (Fsp3) is 0.111. The molecule has 2 aromatic heterocycles. The van der Waals surface area contributed by atoms with Crippen molar-refractivity contribution in [2.75, 3.05) is 4.31 Å². The van der Waals surface area contributed by atoms with Gasteiger partial charge in [0.25, 0.3) is 0 Å². The second-order valence-electron chi connectivity index (χ2n) is 7.76. The molecule has 172 valence electrons. The minimum atomic E-state index is -1.66. The maximum absolute atomic E-state index is 13.8. The number of rotatable bonds is 8. The molecule has 0 saturated heterocycles. The van der Waals surface area contributed by atoms with Gasteiger partial charge in [-0.2, -0.15) is 0 Å². The monoisotopic (exact) mass is 493 g/mol. The Labute approximate surface area is 229 Å². The van der Waals surface area contributed by atoms with Crippen LogP contribution in [0.15, 0.2) is 78.3 Å². The first kappa shape index (κ1) is 26.6. The summed E-state index contributed by atoms with van der Waals surface area (Å²) in [6, 6.07) is 15.8. The number of aromatic nitrogens is 2. The third kappa shape index (κ3) is 5.65. The summed E-state index contributed by atoms with van der Waals surface area (Å²) in [6.07, 6.45) is 7.45. The van der Waals surface area contributed by atoms with Crippen molar-refractivity contribution < 1.29 is 43.7 Å². The first-order valence-electron chi connectivity index (χ1n) is 10.7. The Morgan fingerprint density at radius 3 is 2.57 bits per heavy atom. The SMILES string of the molecule is C=Cc1[nH]c(CN(c2ncc3ccccc3c2C)S(=O)c2ccc(C(=O)[O-])cc2)cc1/C=C\C.[Na+]. The number of carboxylic acid groups (broad SMARTS) is 1. The molecule has 0 radical (unpaired) electrons. The van der Waals surface area contributed by atoms with E-state index in [9.17, 15) is 14.1 Å². The molecule has 8 heteroatoms. The standard InChI is InChI=1S/C27H25N3O3S.Na/c1-4-8-20-15-22(29-25(20)5-2)17-30(34(33)23-13-11-19(12-14-23)27(31)32)26-18(3)24-10-7-6-9-21(24)16-28-26;/h4-16,29H,2,17H2,1,3H3,(H,31,32);/q;+1/p-1/b8-4-;. The van der Waals surface area contributed by atoms with Gasteiger partial charge in [-0.25, -0.2) is 9.19 Å². The van der Waals surface area contributed by atoms with Crippen molar-refractivity contribution in [2.45, 2.75) is 25.3 Å². The molecule has 2 heterocycles. The zero-order valence-electron chi connectivity index (χ0n) is 19.9. The number of anilines is 1. The van der Waals surface area contributed by atoms with Gasteiger partial charge in [-0.3, -0.25) is 4.31 Å². The Bertz CT molecular complexity index is 1430. The van der Waals surface area contributed by atoms with Crippen molar-refractivity contribution >= 4 is 45.7 Å². The molecule has 1 N–H and O–H groups in total. The quantitative estimate of drug-likeness (QED) is 0.378. The van der Waals surface area contributed by atoms with Crippen LogP contribution < -0.4 is 39.0 Å². The van der Waals surface area contributed by atoms with Gasteiger partial charge in [-0.15, -0.1) is 0 Å². The Kier molecular flexibility index (Phi) is 8.86. The molecular weight excluding hydrogens is 469 g/mol.